The van der Waals surface area contributed by atoms with Gasteiger partial charge in [0.25, 0.3) is 0 Å². The molecule has 0 unspecified atom stereocenters. The van der Waals surface area contributed by atoms with Crippen LogP contribution in [-0.2, 0) is 4.79 Å². The summed E-state index contributed by atoms with van der Waals surface area (Å²) in [6.45, 7) is 0.889. The van der Waals surface area contributed by atoms with Crippen molar-refractivity contribution >= 4 is 12.0 Å². The van der Waals surface area contributed by atoms with E-state index in [-0.39, 0.29) is 12.5 Å². The zero-order valence-electron chi connectivity index (χ0n) is 9.93. The van der Waals surface area contributed by atoms with Crippen molar-refractivity contribution in [2.24, 2.45) is 0 Å². The lowest BCUT2D eigenvalue weighted by Crippen LogP contribution is -2.22. The van der Waals surface area contributed by atoms with Gasteiger partial charge in [-0.15, -0.1) is 0 Å². The maximum atomic E-state index is 11.4. The van der Waals surface area contributed by atoms with Crippen molar-refractivity contribution < 1.29 is 9.90 Å². The average Bonchev–Trinajstić information content (AvgIpc) is 2.37. The second kappa shape index (κ2) is 8.53. The summed E-state index contributed by atoms with van der Waals surface area (Å²) in [5, 5.41) is 11.4. The van der Waals surface area contributed by atoms with Gasteiger partial charge in [-0.3, -0.25) is 4.79 Å². The molecule has 0 saturated carbocycles. The third kappa shape index (κ3) is 6.53. The quantitative estimate of drug-likeness (QED) is 0.559. The lowest BCUT2D eigenvalue weighted by molar-refractivity contribution is -0.116. The highest BCUT2D eigenvalue weighted by atomic mass is 16.2. The van der Waals surface area contributed by atoms with E-state index in [4.69, 9.17) is 5.11 Å². The van der Waals surface area contributed by atoms with Crippen LogP contribution < -0.4 is 5.32 Å². The number of unbranched alkanes of at least 4 members (excludes halogenated alkanes) is 2. The molecule has 0 aliphatic carbocycles. The monoisotopic (exact) mass is 233 g/mol. The number of benzene rings is 1. The van der Waals surface area contributed by atoms with Gasteiger partial charge < -0.3 is 10.4 Å². The largest absolute Gasteiger partial charge is 0.396 e. The molecule has 0 aliphatic heterocycles. The van der Waals surface area contributed by atoms with Crippen molar-refractivity contribution in [2.45, 2.75) is 19.3 Å². The van der Waals surface area contributed by atoms with E-state index in [0.717, 1.165) is 24.8 Å². The molecule has 3 heteroatoms. The number of carbonyl (C=O) groups excluding carboxylic acids is 1. The van der Waals surface area contributed by atoms with Crippen molar-refractivity contribution in [3.63, 3.8) is 0 Å². The van der Waals surface area contributed by atoms with Crippen LogP contribution in [0.3, 0.4) is 0 Å². The number of carbonyl (C=O) groups is 1. The topological polar surface area (TPSA) is 49.3 Å². The Kier molecular flexibility index (Phi) is 6.75. The van der Waals surface area contributed by atoms with E-state index < -0.39 is 0 Å². The number of amides is 1. The van der Waals surface area contributed by atoms with E-state index in [1.54, 1.807) is 12.2 Å². The number of nitrogens with one attached hydrogen (secondary N) is 1. The lowest BCUT2D eigenvalue weighted by Gasteiger charge is -2.01. The molecule has 0 fully saturated rings. The molecule has 3 nitrogen and oxygen atoms in total. The fourth-order valence-corrected chi connectivity index (χ4v) is 1.42. The first-order valence-corrected chi connectivity index (χ1v) is 5.95. The average molecular weight is 233 g/mol. The van der Waals surface area contributed by atoms with Crippen molar-refractivity contribution in [2.75, 3.05) is 13.2 Å². The summed E-state index contributed by atoms with van der Waals surface area (Å²) in [5.74, 6) is -0.0714. The Morgan fingerprint density at radius 1 is 1.18 bits per heavy atom. The van der Waals surface area contributed by atoms with Crippen LogP contribution >= 0.6 is 0 Å². The van der Waals surface area contributed by atoms with Crippen LogP contribution in [0.15, 0.2) is 36.4 Å². The summed E-state index contributed by atoms with van der Waals surface area (Å²) in [7, 11) is 0. The molecule has 1 aromatic rings. The van der Waals surface area contributed by atoms with Crippen LogP contribution in [0.5, 0.6) is 0 Å². The second-order valence-corrected chi connectivity index (χ2v) is 3.82. The molecule has 0 bridgehead atoms. The smallest absolute Gasteiger partial charge is 0.243 e. The van der Waals surface area contributed by atoms with Crippen LogP contribution in [0.25, 0.3) is 6.08 Å². The minimum atomic E-state index is -0.0714. The third-order valence-electron chi connectivity index (χ3n) is 2.36. The maximum Gasteiger partial charge on any atom is 0.243 e. The molecule has 0 aromatic heterocycles. The van der Waals surface area contributed by atoms with Crippen molar-refractivity contribution in [1.82, 2.24) is 5.32 Å². The number of hydrogen-bond acceptors (Lipinski definition) is 2. The standard InChI is InChI=1S/C14H19NO2/c16-12-6-2-5-11-15-14(17)10-9-13-7-3-1-4-8-13/h1,3-4,7-10,16H,2,5-6,11-12H2,(H,15,17)/b10-9+. The predicted molar refractivity (Wildman–Crippen MR) is 69.4 cm³/mol. The summed E-state index contributed by atoms with van der Waals surface area (Å²) in [5.41, 5.74) is 1.02. The Morgan fingerprint density at radius 2 is 1.94 bits per heavy atom. The third-order valence-corrected chi connectivity index (χ3v) is 2.36. The van der Waals surface area contributed by atoms with Gasteiger partial charge in [0.05, 0.1) is 0 Å². The first-order chi connectivity index (χ1) is 8.33. The fourth-order valence-electron chi connectivity index (χ4n) is 1.42. The SMILES string of the molecule is O=C(/C=C/c1ccccc1)NCCCCCO. The molecule has 1 rings (SSSR count). The summed E-state index contributed by atoms with van der Waals surface area (Å²) < 4.78 is 0. The van der Waals surface area contributed by atoms with Crippen LogP contribution in [0.4, 0.5) is 0 Å². The fraction of sp³-hybridized carbons (Fsp3) is 0.357. The van der Waals surface area contributed by atoms with Crippen LogP contribution in [0.2, 0.25) is 0 Å². The van der Waals surface area contributed by atoms with Gasteiger partial charge in [-0.25, -0.2) is 0 Å². The summed E-state index contributed by atoms with van der Waals surface area (Å²) in [4.78, 5) is 11.4. The molecular formula is C14H19NO2. The van der Waals surface area contributed by atoms with Crippen molar-refractivity contribution in [1.29, 1.82) is 0 Å². The van der Waals surface area contributed by atoms with Gasteiger partial charge in [-0.1, -0.05) is 30.3 Å². The van der Waals surface area contributed by atoms with E-state index in [1.807, 2.05) is 30.3 Å². The van der Waals surface area contributed by atoms with Gasteiger partial charge in [-0.2, -0.15) is 0 Å². The molecule has 17 heavy (non-hydrogen) atoms. The molecule has 1 amide bonds. The summed E-state index contributed by atoms with van der Waals surface area (Å²) >= 11 is 0. The zero-order valence-corrected chi connectivity index (χ0v) is 9.93. The number of hydrogen-bond donors (Lipinski definition) is 2. The highest BCUT2D eigenvalue weighted by Gasteiger charge is 1.94. The first kappa shape index (κ1) is 13.5. The molecule has 2 N–H and O–H groups in total. The molecule has 0 radical (unpaired) electrons. The molecule has 1 aromatic carbocycles. The van der Waals surface area contributed by atoms with Crippen molar-refractivity contribution in [3.05, 3.63) is 42.0 Å². The Bertz CT molecular complexity index is 346. The summed E-state index contributed by atoms with van der Waals surface area (Å²) in [6, 6.07) is 9.72. The summed E-state index contributed by atoms with van der Waals surface area (Å²) in [6.07, 6.45) is 5.99. The molecule has 0 aliphatic rings. The van der Waals surface area contributed by atoms with E-state index in [1.165, 1.54) is 0 Å². The van der Waals surface area contributed by atoms with Gasteiger partial charge in [0, 0.05) is 19.2 Å². The Hall–Kier alpha value is -1.61. The van der Waals surface area contributed by atoms with E-state index in [9.17, 15) is 4.79 Å². The maximum absolute atomic E-state index is 11.4. The molecule has 92 valence electrons. The second-order valence-electron chi connectivity index (χ2n) is 3.82. The van der Waals surface area contributed by atoms with Crippen LogP contribution in [-0.4, -0.2) is 24.2 Å². The van der Waals surface area contributed by atoms with E-state index in [0.29, 0.717) is 6.54 Å². The molecular weight excluding hydrogens is 214 g/mol. The van der Waals surface area contributed by atoms with Gasteiger partial charge >= 0.3 is 0 Å². The predicted octanol–water partition coefficient (Wildman–Crippen LogP) is 1.98. The minimum absolute atomic E-state index is 0.0714. The van der Waals surface area contributed by atoms with Crippen LogP contribution in [0.1, 0.15) is 24.8 Å². The highest BCUT2D eigenvalue weighted by Crippen LogP contribution is 2.00. The van der Waals surface area contributed by atoms with Gasteiger partial charge in [-0.05, 0) is 30.9 Å². The Labute approximate surface area is 102 Å². The number of aliphatic hydroxyl groups is 1. The Balaban J connectivity index is 2.19. The van der Waals surface area contributed by atoms with Gasteiger partial charge in [0.15, 0.2) is 0 Å². The van der Waals surface area contributed by atoms with Crippen LogP contribution in [0, 0.1) is 0 Å². The molecule has 0 spiro atoms. The first-order valence-electron chi connectivity index (χ1n) is 5.95. The Morgan fingerprint density at radius 3 is 2.65 bits per heavy atom. The number of rotatable bonds is 7. The lowest BCUT2D eigenvalue weighted by atomic mass is 10.2. The molecule has 0 atom stereocenters. The van der Waals surface area contributed by atoms with E-state index in [2.05, 4.69) is 5.32 Å². The highest BCUT2D eigenvalue weighted by molar-refractivity contribution is 5.91. The van der Waals surface area contributed by atoms with Crippen molar-refractivity contribution in [3.8, 4) is 0 Å². The number of aliphatic hydroxyl groups excluding tert-OH is 1. The zero-order chi connectivity index (χ0) is 12.3. The molecule has 0 heterocycles. The van der Waals surface area contributed by atoms with Gasteiger partial charge in [0.1, 0.15) is 0 Å². The van der Waals surface area contributed by atoms with Gasteiger partial charge in [0.2, 0.25) is 5.91 Å². The normalized spacial score (nSPS) is 10.6. The van der Waals surface area contributed by atoms with E-state index >= 15 is 0 Å². The molecule has 0 saturated heterocycles. The minimum Gasteiger partial charge on any atom is -0.396 e.